The van der Waals surface area contributed by atoms with Gasteiger partial charge in [-0.25, -0.2) is 0 Å². The van der Waals surface area contributed by atoms with Crippen molar-refractivity contribution in [3.8, 4) is 16.8 Å². The van der Waals surface area contributed by atoms with Crippen LogP contribution < -0.4 is 10.5 Å². The van der Waals surface area contributed by atoms with Gasteiger partial charge >= 0.3 is 0 Å². The van der Waals surface area contributed by atoms with Gasteiger partial charge in [-0.2, -0.15) is 0 Å². The zero-order chi connectivity index (χ0) is 23.1. The summed E-state index contributed by atoms with van der Waals surface area (Å²) < 4.78 is 7.51. The maximum absolute atomic E-state index is 13.4. The summed E-state index contributed by atoms with van der Waals surface area (Å²) in [5, 5.41) is 2.27. The van der Waals surface area contributed by atoms with Crippen molar-refractivity contribution in [2.24, 2.45) is 0 Å². The lowest BCUT2D eigenvalue weighted by atomic mass is 9.98. The number of morpholine rings is 1. The predicted octanol–water partition coefficient (Wildman–Crippen LogP) is 6.23. The predicted molar refractivity (Wildman–Crippen MR) is 137 cm³/mol. The van der Waals surface area contributed by atoms with Gasteiger partial charge in [-0.05, 0) is 67.6 Å². The second-order valence-corrected chi connectivity index (χ2v) is 9.33. The summed E-state index contributed by atoms with van der Waals surface area (Å²) in [4.78, 5) is 15.7. The number of aryl methyl sites for hydroxylation is 1. The first-order valence-electron chi connectivity index (χ1n) is 11.3. The summed E-state index contributed by atoms with van der Waals surface area (Å²) in [7, 11) is 0. The Balaban J connectivity index is 1.54. The largest absolute Gasteiger partial charge is 0.372 e. The molecule has 1 saturated heterocycles. The first-order valence-corrected chi connectivity index (χ1v) is 11.7. The van der Waals surface area contributed by atoms with E-state index in [2.05, 4.69) is 56.0 Å². The van der Waals surface area contributed by atoms with E-state index in [1.807, 2.05) is 42.6 Å². The van der Waals surface area contributed by atoms with Gasteiger partial charge in [0.2, 0.25) is 0 Å². The van der Waals surface area contributed by atoms with Gasteiger partial charge in [0.05, 0.1) is 28.6 Å². The van der Waals surface area contributed by atoms with E-state index < -0.39 is 0 Å². The summed E-state index contributed by atoms with van der Waals surface area (Å²) in [6.45, 7) is 7.80. The van der Waals surface area contributed by atoms with Crippen molar-refractivity contribution < 1.29 is 4.74 Å². The third-order valence-corrected chi connectivity index (χ3v) is 6.58. The molecule has 2 atom stereocenters. The van der Waals surface area contributed by atoms with Crippen molar-refractivity contribution in [2.45, 2.75) is 33.0 Å². The van der Waals surface area contributed by atoms with E-state index in [-0.39, 0.29) is 17.8 Å². The Labute approximate surface area is 199 Å². The molecule has 0 saturated carbocycles. The normalized spacial score (nSPS) is 18.6. The van der Waals surface area contributed by atoms with Gasteiger partial charge in [0.15, 0.2) is 0 Å². The van der Waals surface area contributed by atoms with Crippen LogP contribution in [0.3, 0.4) is 0 Å². The number of fused-ring (bicyclic) bond motifs is 1. The maximum atomic E-state index is 13.4. The lowest BCUT2D eigenvalue weighted by Gasteiger charge is -2.37. The fourth-order valence-electron chi connectivity index (χ4n) is 4.74. The van der Waals surface area contributed by atoms with Gasteiger partial charge in [-0.1, -0.05) is 53.6 Å². The number of hydrogen-bond donors (Lipinski definition) is 0. The molecule has 4 aromatic rings. The third kappa shape index (κ3) is 4.17. The van der Waals surface area contributed by atoms with Crippen molar-refractivity contribution in [1.29, 1.82) is 0 Å². The van der Waals surface area contributed by atoms with Crippen LogP contribution in [0.4, 0.5) is 5.69 Å². The van der Waals surface area contributed by atoms with Gasteiger partial charge in [0.25, 0.3) is 5.56 Å². The standard InChI is InChI=1S/C28H27ClN2O2/c1-18-7-9-21(10-8-18)23-5-4-6-25-24(23)13-14-31(28(25)32)22-11-12-27(26(29)15-22)30-16-19(2)33-20(3)17-30/h4-15,19-20H,16-17H2,1-3H3/t19-,20+. The molecule has 5 rings (SSSR count). The molecule has 4 nitrogen and oxygen atoms in total. The molecule has 0 N–H and O–H groups in total. The van der Waals surface area contributed by atoms with E-state index in [4.69, 9.17) is 16.3 Å². The molecule has 1 aliphatic rings. The van der Waals surface area contributed by atoms with Crippen LogP contribution in [-0.4, -0.2) is 29.9 Å². The van der Waals surface area contributed by atoms with Crippen molar-refractivity contribution in [2.75, 3.05) is 18.0 Å². The number of ether oxygens (including phenoxy) is 1. The number of nitrogens with zero attached hydrogens (tertiary/aromatic N) is 2. The topological polar surface area (TPSA) is 34.5 Å². The first kappa shape index (κ1) is 21.7. The van der Waals surface area contributed by atoms with Crippen LogP contribution in [0.15, 0.2) is 77.7 Å². The summed E-state index contributed by atoms with van der Waals surface area (Å²) >= 11 is 6.70. The summed E-state index contributed by atoms with van der Waals surface area (Å²) in [6.07, 6.45) is 2.14. The van der Waals surface area contributed by atoms with Crippen LogP contribution in [0.1, 0.15) is 19.4 Å². The highest BCUT2D eigenvalue weighted by Gasteiger charge is 2.24. The zero-order valence-corrected chi connectivity index (χ0v) is 19.8. The fourth-order valence-corrected chi connectivity index (χ4v) is 5.04. The van der Waals surface area contributed by atoms with Crippen LogP contribution in [0, 0.1) is 6.92 Å². The van der Waals surface area contributed by atoms with Gasteiger partial charge in [0.1, 0.15) is 0 Å². The van der Waals surface area contributed by atoms with E-state index in [1.54, 1.807) is 4.57 Å². The average Bonchev–Trinajstić information content (AvgIpc) is 2.79. The number of halogens is 1. The van der Waals surface area contributed by atoms with Crippen molar-refractivity contribution in [1.82, 2.24) is 4.57 Å². The first-order chi connectivity index (χ1) is 15.9. The molecule has 33 heavy (non-hydrogen) atoms. The van der Waals surface area contributed by atoms with Crippen LogP contribution >= 0.6 is 11.6 Å². The molecule has 0 bridgehead atoms. The summed E-state index contributed by atoms with van der Waals surface area (Å²) in [5.41, 5.74) is 5.04. The Morgan fingerprint density at radius 3 is 2.33 bits per heavy atom. The summed E-state index contributed by atoms with van der Waals surface area (Å²) in [6, 6.07) is 22.1. The molecular weight excluding hydrogens is 432 g/mol. The van der Waals surface area contributed by atoms with Crippen LogP contribution in [0.5, 0.6) is 0 Å². The monoisotopic (exact) mass is 458 g/mol. The number of anilines is 1. The second-order valence-electron chi connectivity index (χ2n) is 8.92. The number of rotatable bonds is 3. The Hall–Kier alpha value is -3.08. The highest BCUT2D eigenvalue weighted by atomic mass is 35.5. The number of pyridine rings is 1. The summed E-state index contributed by atoms with van der Waals surface area (Å²) in [5.74, 6) is 0. The Kier molecular flexibility index (Phi) is 5.73. The smallest absolute Gasteiger partial charge is 0.262 e. The minimum absolute atomic E-state index is 0.0566. The quantitative estimate of drug-likeness (QED) is 0.365. The van der Waals surface area contributed by atoms with Crippen LogP contribution in [-0.2, 0) is 4.74 Å². The van der Waals surface area contributed by atoms with Crippen LogP contribution in [0.25, 0.3) is 27.6 Å². The molecule has 1 aliphatic heterocycles. The van der Waals surface area contributed by atoms with Crippen LogP contribution in [0.2, 0.25) is 5.02 Å². The number of aromatic nitrogens is 1. The van der Waals surface area contributed by atoms with Crippen molar-refractivity contribution >= 4 is 28.1 Å². The second kappa shape index (κ2) is 8.69. The van der Waals surface area contributed by atoms with E-state index in [9.17, 15) is 4.79 Å². The lowest BCUT2D eigenvalue weighted by molar-refractivity contribution is -0.00520. The molecular formula is C28H27ClN2O2. The van der Waals surface area contributed by atoms with Gasteiger partial charge in [-0.3, -0.25) is 9.36 Å². The minimum Gasteiger partial charge on any atom is -0.372 e. The number of hydrogen-bond acceptors (Lipinski definition) is 3. The van der Waals surface area contributed by atoms with E-state index in [0.29, 0.717) is 10.4 Å². The molecule has 0 radical (unpaired) electrons. The lowest BCUT2D eigenvalue weighted by Crippen LogP contribution is -2.45. The SMILES string of the molecule is Cc1ccc(-c2cccc3c(=O)n(-c4ccc(N5C[C@@H](C)O[C@@H](C)C5)c(Cl)c4)ccc23)cc1. The Bertz CT molecular complexity index is 1370. The van der Waals surface area contributed by atoms with E-state index >= 15 is 0 Å². The Morgan fingerprint density at radius 2 is 1.64 bits per heavy atom. The molecule has 0 aliphatic carbocycles. The molecule has 1 aromatic heterocycles. The maximum Gasteiger partial charge on any atom is 0.262 e. The molecule has 3 aromatic carbocycles. The fraction of sp³-hybridized carbons (Fsp3) is 0.250. The zero-order valence-electron chi connectivity index (χ0n) is 19.1. The van der Waals surface area contributed by atoms with Crippen molar-refractivity contribution in [3.63, 3.8) is 0 Å². The number of benzene rings is 3. The van der Waals surface area contributed by atoms with E-state index in [0.717, 1.165) is 41.0 Å². The average molecular weight is 459 g/mol. The molecule has 0 amide bonds. The molecule has 1 fully saturated rings. The van der Waals surface area contributed by atoms with E-state index in [1.165, 1.54) is 5.56 Å². The molecule has 168 valence electrons. The van der Waals surface area contributed by atoms with Crippen molar-refractivity contribution in [3.05, 3.63) is 93.9 Å². The minimum atomic E-state index is -0.0566. The van der Waals surface area contributed by atoms with Gasteiger partial charge < -0.3 is 9.64 Å². The molecule has 0 spiro atoms. The van der Waals surface area contributed by atoms with Gasteiger partial charge in [0, 0.05) is 24.7 Å². The molecule has 2 heterocycles. The molecule has 5 heteroatoms. The molecule has 0 unspecified atom stereocenters. The highest BCUT2D eigenvalue weighted by Crippen LogP contribution is 2.31. The Morgan fingerprint density at radius 1 is 0.909 bits per heavy atom. The third-order valence-electron chi connectivity index (χ3n) is 6.28. The van der Waals surface area contributed by atoms with Gasteiger partial charge in [-0.15, -0.1) is 0 Å². The highest BCUT2D eigenvalue weighted by molar-refractivity contribution is 6.33.